The minimum atomic E-state index is -2.11. The first-order valence-corrected chi connectivity index (χ1v) is 7.66. The second-order valence-corrected chi connectivity index (χ2v) is 5.29. The van der Waals surface area contributed by atoms with E-state index in [-0.39, 0.29) is 12.8 Å². The molecule has 0 aromatic rings. The Hall–Kier alpha value is -1.59. The fraction of sp³-hybridized carbons (Fsp3) is 0.786. The van der Waals surface area contributed by atoms with Crippen LogP contribution in [-0.4, -0.2) is 80.3 Å². The molecular weight excluding hydrogens is 324 g/mol. The third kappa shape index (κ3) is 6.89. The highest BCUT2D eigenvalue weighted by Crippen LogP contribution is 2.06. The first-order chi connectivity index (χ1) is 11.2. The van der Waals surface area contributed by atoms with Gasteiger partial charge in [0.15, 0.2) is 6.10 Å². The molecule has 24 heavy (non-hydrogen) atoms. The molecule has 10 nitrogen and oxygen atoms in total. The van der Waals surface area contributed by atoms with Gasteiger partial charge < -0.3 is 36.2 Å². The Morgan fingerprint density at radius 3 is 2.00 bits per heavy atom. The van der Waals surface area contributed by atoms with Crippen LogP contribution in [0.5, 0.6) is 0 Å². The number of ketones is 1. The number of carbonyl (C=O) groups excluding carboxylic acids is 3. The topological polar surface area (TPSA) is 176 Å². The molecule has 7 N–H and O–H groups in total. The Bertz CT molecular complexity index is 431. The van der Waals surface area contributed by atoms with E-state index in [0.717, 1.165) is 0 Å². The fourth-order valence-corrected chi connectivity index (χ4v) is 1.75. The number of hydrogen-bond acceptors (Lipinski definition) is 8. The van der Waals surface area contributed by atoms with E-state index >= 15 is 0 Å². The summed E-state index contributed by atoms with van der Waals surface area (Å²) in [6.07, 6.45) is -8.07. The van der Waals surface area contributed by atoms with Crippen LogP contribution in [0.2, 0.25) is 0 Å². The van der Waals surface area contributed by atoms with Gasteiger partial charge in [0, 0.05) is 6.42 Å². The third-order valence-electron chi connectivity index (χ3n) is 3.28. The van der Waals surface area contributed by atoms with E-state index in [1.54, 1.807) is 13.8 Å². The maximum atomic E-state index is 11.8. The van der Waals surface area contributed by atoms with Gasteiger partial charge in [-0.3, -0.25) is 14.4 Å². The van der Waals surface area contributed by atoms with Crippen LogP contribution in [0.4, 0.5) is 0 Å². The summed E-state index contributed by atoms with van der Waals surface area (Å²) in [6.45, 7) is 2.45. The van der Waals surface area contributed by atoms with E-state index in [0.29, 0.717) is 6.42 Å². The van der Waals surface area contributed by atoms with E-state index in [1.165, 1.54) is 0 Å². The van der Waals surface area contributed by atoms with Gasteiger partial charge in [-0.25, -0.2) is 0 Å². The zero-order valence-corrected chi connectivity index (χ0v) is 13.7. The van der Waals surface area contributed by atoms with E-state index in [4.69, 9.17) is 5.11 Å². The molecule has 0 bridgehead atoms. The van der Waals surface area contributed by atoms with Crippen LogP contribution >= 0.6 is 0 Å². The van der Waals surface area contributed by atoms with Crippen molar-refractivity contribution >= 4 is 17.6 Å². The lowest BCUT2D eigenvalue weighted by atomic mass is 10.0. The molecule has 2 amide bonds. The maximum absolute atomic E-state index is 11.8. The Morgan fingerprint density at radius 2 is 1.54 bits per heavy atom. The molecule has 0 aromatic heterocycles. The fourth-order valence-electron chi connectivity index (χ4n) is 1.75. The van der Waals surface area contributed by atoms with Crippen molar-refractivity contribution < 1.29 is 39.9 Å². The van der Waals surface area contributed by atoms with E-state index < -0.39 is 54.8 Å². The van der Waals surface area contributed by atoms with Crippen molar-refractivity contribution in [3.63, 3.8) is 0 Å². The predicted molar refractivity (Wildman–Crippen MR) is 81.4 cm³/mol. The molecule has 1 unspecified atom stereocenters. The predicted octanol–water partition coefficient (Wildman–Crippen LogP) is -3.24. The van der Waals surface area contributed by atoms with Gasteiger partial charge in [0.05, 0.1) is 6.61 Å². The van der Waals surface area contributed by atoms with Crippen molar-refractivity contribution in [3.8, 4) is 0 Å². The van der Waals surface area contributed by atoms with Crippen LogP contribution in [0, 0.1) is 0 Å². The van der Waals surface area contributed by atoms with Gasteiger partial charge in [-0.2, -0.15) is 0 Å². The second-order valence-electron chi connectivity index (χ2n) is 5.29. The van der Waals surface area contributed by atoms with Gasteiger partial charge in [-0.15, -0.1) is 0 Å². The summed E-state index contributed by atoms with van der Waals surface area (Å²) in [6, 6.07) is 0. The van der Waals surface area contributed by atoms with Crippen molar-refractivity contribution in [1.82, 2.24) is 10.6 Å². The van der Waals surface area contributed by atoms with Crippen LogP contribution in [-0.2, 0) is 14.4 Å². The number of hydrogen-bond donors (Lipinski definition) is 7. The Morgan fingerprint density at radius 1 is 0.958 bits per heavy atom. The molecule has 0 aliphatic rings. The van der Waals surface area contributed by atoms with E-state index in [2.05, 4.69) is 10.6 Å². The number of carbonyl (C=O) groups is 3. The number of Topliss-reactive ketones (excluding diaryl/α,β-unsaturated/α-hetero) is 1. The Labute approximate surface area is 139 Å². The number of aliphatic hydroxyl groups is 5. The van der Waals surface area contributed by atoms with Gasteiger partial charge >= 0.3 is 0 Å². The lowest BCUT2D eigenvalue weighted by molar-refractivity contribution is -0.150. The molecule has 0 saturated heterocycles. The summed E-state index contributed by atoms with van der Waals surface area (Å²) < 4.78 is 0. The van der Waals surface area contributed by atoms with Gasteiger partial charge in [0.2, 0.25) is 5.78 Å². The van der Waals surface area contributed by atoms with E-state index in [9.17, 15) is 34.8 Å². The number of amides is 2. The van der Waals surface area contributed by atoms with Crippen molar-refractivity contribution in [3.05, 3.63) is 0 Å². The average molecular weight is 350 g/mol. The van der Waals surface area contributed by atoms with Crippen molar-refractivity contribution in [1.29, 1.82) is 0 Å². The summed E-state index contributed by atoms with van der Waals surface area (Å²) >= 11 is 0. The molecule has 0 radical (unpaired) electrons. The number of nitrogens with one attached hydrogen (secondary N) is 2. The highest BCUT2D eigenvalue weighted by molar-refractivity contribution is 6.36. The van der Waals surface area contributed by atoms with Crippen LogP contribution in [0.25, 0.3) is 0 Å². The molecule has 140 valence electrons. The Kier molecular flexibility index (Phi) is 10.3. The monoisotopic (exact) mass is 350 g/mol. The average Bonchev–Trinajstić information content (AvgIpc) is 2.58. The largest absolute Gasteiger partial charge is 0.394 e. The van der Waals surface area contributed by atoms with Gasteiger partial charge in [0.25, 0.3) is 11.8 Å². The van der Waals surface area contributed by atoms with Gasteiger partial charge in [0.1, 0.15) is 24.5 Å². The smallest absolute Gasteiger partial charge is 0.288 e. The zero-order chi connectivity index (χ0) is 18.9. The molecule has 0 aromatic carbocycles. The summed E-state index contributed by atoms with van der Waals surface area (Å²) in [7, 11) is 0. The molecule has 5 atom stereocenters. The minimum Gasteiger partial charge on any atom is -0.394 e. The van der Waals surface area contributed by atoms with Crippen LogP contribution in [0.1, 0.15) is 33.1 Å². The van der Waals surface area contributed by atoms with Crippen molar-refractivity contribution in [2.75, 3.05) is 6.61 Å². The van der Waals surface area contributed by atoms with Crippen molar-refractivity contribution in [2.45, 2.75) is 63.7 Å². The van der Waals surface area contributed by atoms with Crippen LogP contribution in [0.15, 0.2) is 0 Å². The highest BCUT2D eigenvalue weighted by Gasteiger charge is 2.35. The first kappa shape index (κ1) is 22.4. The highest BCUT2D eigenvalue weighted by atomic mass is 16.4. The van der Waals surface area contributed by atoms with Crippen molar-refractivity contribution in [2.24, 2.45) is 0 Å². The SMILES string of the molecule is CCCC(=O)C(=O)NC(CC)NC(=O)[C@H](O)[C@@H](O)[C@H](O)[C@H](O)CO. The third-order valence-corrected chi connectivity index (χ3v) is 3.28. The van der Waals surface area contributed by atoms with Crippen LogP contribution < -0.4 is 10.6 Å². The lowest BCUT2D eigenvalue weighted by Crippen LogP contribution is -2.56. The number of rotatable bonds is 11. The minimum absolute atomic E-state index is 0.0583. The second kappa shape index (κ2) is 11.0. The summed E-state index contributed by atoms with van der Waals surface area (Å²) in [5.41, 5.74) is 0. The first-order valence-electron chi connectivity index (χ1n) is 7.66. The maximum Gasteiger partial charge on any atom is 0.288 e. The molecule has 0 spiro atoms. The molecule has 0 heterocycles. The summed E-state index contributed by atoms with van der Waals surface area (Å²) in [5, 5.41) is 51.1. The number of aliphatic hydroxyl groups excluding tert-OH is 5. The van der Waals surface area contributed by atoms with Gasteiger partial charge in [-0.1, -0.05) is 13.8 Å². The summed E-state index contributed by atoms with van der Waals surface area (Å²) in [4.78, 5) is 34.9. The molecule has 0 aliphatic carbocycles. The van der Waals surface area contributed by atoms with Gasteiger partial charge in [-0.05, 0) is 12.8 Å². The summed E-state index contributed by atoms with van der Waals surface area (Å²) in [5.74, 6) is -2.65. The quantitative estimate of drug-likeness (QED) is 0.150. The standard InChI is InChI=1S/C14H26N2O8/c1-3-5-7(18)13(23)15-9(4-2)16-14(24)12(22)11(21)10(20)8(19)6-17/h8-12,17,19-22H,3-6H2,1-2H3,(H,15,23)(H,16,24)/t8-,9?,10-,11+,12-/m1/s1. The molecule has 0 saturated carbocycles. The molecule has 10 heteroatoms. The Balaban J connectivity index is 4.69. The van der Waals surface area contributed by atoms with E-state index in [1.807, 2.05) is 0 Å². The normalized spacial score (nSPS) is 17.3. The lowest BCUT2D eigenvalue weighted by Gasteiger charge is -2.26. The molecule has 0 fully saturated rings. The molecule has 0 rings (SSSR count). The molecule has 0 aliphatic heterocycles. The zero-order valence-electron chi connectivity index (χ0n) is 13.7. The molecular formula is C14H26N2O8. The van der Waals surface area contributed by atoms with Crippen LogP contribution in [0.3, 0.4) is 0 Å².